The van der Waals surface area contributed by atoms with Gasteiger partial charge in [0.2, 0.25) is 0 Å². The number of carbonyl (C=O) groups is 1. The van der Waals surface area contributed by atoms with Gasteiger partial charge in [-0.15, -0.1) is 0 Å². The van der Waals surface area contributed by atoms with Gasteiger partial charge in [0.15, 0.2) is 0 Å². The topological polar surface area (TPSA) is 26.3 Å². The molecule has 0 N–H and O–H groups in total. The Hall–Kier alpha value is -1.51. The quantitative estimate of drug-likeness (QED) is 0.353. The van der Waals surface area contributed by atoms with E-state index in [2.05, 4.69) is 17.8 Å². The van der Waals surface area contributed by atoms with Crippen LogP contribution in [-0.2, 0) is 9.45 Å². The zero-order valence-electron chi connectivity index (χ0n) is 6.69. The van der Waals surface area contributed by atoms with Gasteiger partial charge >= 0.3 is 14.0 Å². The second-order valence-electron chi connectivity index (χ2n) is 1.86. The number of carbonyl (C=O) groups excluding carboxylic acids is 1. The molecule has 0 bridgehead atoms. The predicted molar refractivity (Wildman–Crippen MR) is 49.5 cm³/mol. The second-order valence-corrected chi connectivity index (χ2v) is 1.86. The molecule has 0 saturated heterocycles. The van der Waals surface area contributed by atoms with E-state index in [0.717, 1.165) is 0 Å². The maximum absolute atomic E-state index is 10.9. The van der Waals surface area contributed by atoms with Gasteiger partial charge in [-0.05, 0) is 12.2 Å². The molecule has 3 heteroatoms. The first-order valence-electron chi connectivity index (χ1n) is 3.29. The Balaban J connectivity index is 4.54. The minimum absolute atomic E-state index is 0.326. The Morgan fingerprint density at radius 3 is 2.42 bits per heavy atom. The smallest absolute Gasteiger partial charge is 0.378 e. The van der Waals surface area contributed by atoms with Crippen molar-refractivity contribution in [3.8, 4) is 0 Å². The summed E-state index contributed by atoms with van der Waals surface area (Å²) in [5.74, 6) is -0.604. The predicted octanol–water partition coefficient (Wildman–Crippen LogP) is 1.47. The number of hydrogen-bond donors (Lipinski definition) is 0. The van der Waals surface area contributed by atoms with E-state index in [1.54, 1.807) is 12.2 Å². The highest BCUT2D eigenvalue weighted by Crippen LogP contribution is 1.99. The molecule has 12 heavy (non-hydrogen) atoms. The molecule has 0 aliphatic rings. The standard InChI is InChI=1S/C9H9BO2/c1-3-5-7-8(6-4-2)9(11)12-10/h3-7H,1-2H2/b7-5-,8-6+. The molecule has 2 radical (unpaired) electrons. The van der Waals surface area contributed by atoms with E-state index >= 15 is 0 Å². The summed E-state index contributed by atoms with van der Waals surface area (Å²) in [6.45, 7) is 6.90. The first-order chi connectivity index (χ1) is 5.76. The van der Waals surface area contributed by atoms with Crippen LogP contribution < -0.4 is 0 Å². The fourth-order valence-corrected chi connectivity index (χ4v) is 0.558. The molecule has 2 nitrogen and oxygen atoms in total. The number of allylic oxidation sites excluding steroid dienone is 4. The van der Waals surface area contributed by atoms with E-state index in [9.17, 15) is 4.79 Å². The molecule has 0 amide bonds. The summed E-state index contributed by atoms with van der Waals surface area (Å²) in [4.78, 5) is 10.9. The van der Waals surface area contributed by atoms with Crippen LogP contribution in [0.1, 0.15) is 0 Å². The van der Waals surface area contributed by atoms with Gasteiger partial charge in [-0.3, -0.25) is 0 Å². The largest absolute Gasteiger partial charge is 0.540 e. The third-order valence-corrected chi connectivity index (χ3v) is 1.05. The molecule has 0 fully saturated rings. The molecule has 0 aromatic rings. The van der Waals surface area contributed by atoms with Crippen molar-refractivity contribution >= 4 is 14.0 Å². The van der Waals surface area contributed by atoms with Crippen LogP contribution in [0.4, 0.5) is 0 Å². The van der Waals surface area contributed by atoms with Crippen molar-refractivity contribution in [2.75, 3.05) is 0 Å². The highest BCUT2D eigenvalue weighted by molar-refractivity contribution is 6.10. The molecule has 0 unspecified atom stereocenters. The Labute approximate surface area is 73.4 Å². The highest BCUT2D eigenvalue weighted by Gasteiger charge is 2.02. The molecule has 0 aromatic heterocycles. The molecule has 60 valence electrons. The summed E-state index contributed by atoms with van der Waals surface area (Å²) in [5, 5.41) is 0. The van der Waals surface area contributed by atoms with Gasteiger partial charge < -0.3 is 4.65 Å². The molecule has 0 aromatic carbocycles. The Kier molecular flexibility index (Phi) is 5.44. The summed E-state index contributed by atoms with van der Waals surface area (Å²) in [7, 11) is 4.69. The number of rotatable bonds is 4. The van der Waals surface area contributed by atoms with Crippen LogP contribution in [0.15, 0.2) is 49.1 Å². The van der Waals surface area contributed by atoms with E-state index in [1.165, 1.54) is 18.2 Å². The van der Waals surface area contributed by atoms with Gasteiger partial charge in [-0.1, -0.05) is 31.4 Å². The SMILES string of the molecule is [B]OC(=O)C(/C=C\C=C)=C/C=C. The number of hydrogen-bond acceptors (Lipinski definition) is 2. The lowest BCUT2D eigenvalue weighted by Crippen LogP contribution is -2.03. The van der Waals surface area contributed by atoms with Gasteiger partial charge in [0, 0.05) is 0 Å². The summed E-state index contributed by atoms with van der Waals surface area (Å²) >= 11 is 0. The van der Waals surface area contributed by atoms with Crippen LogP contribution in [0.2, 0.25) is 0 Å². The van der Waals surface area contributed by atoms with Crippen molar-refractivity contribution in [3.05, 3.63) is 49.1 Å². The average Bonchev–Trinajstić information content (AvgIpc) is 2.11. The van der Waals surface area contributed by atoms with Crippen LogP contribution in [0.3, 0.4) is 0 Å². The van der Waals surface area contributed by atoms with E-state index in [0.29, 0.717) is 5.57 Å². The second kappa shape index (κ2) is 6.22. The minimum atomic E-state index is -0.604. The first-order valence-corrected chi connectivity index (χ1v) is 3.29. The molecular weight excluding hydrogens is 151 g/mol. The maximum atomic E-state index is 10.9. The van der Waals surface area contributed by atoms with Crippen molar-refractivity contribution < 1.29 is 9.45 Å². The van der Waals surface area contributed by atoms with Crippen molar-refractivity contribution in [3.63, 3.8) is 0 Å². The van der Waals surface area contributed by atoms with Crippen molar-refractivity contribution in [1.82, 2.24) is 0 Å². The zero-order chi connectivity index (χ0) is 9.40. The summed E-state index contributed by atoms with van der Waals surface area (Å²) in [6, 6.07) is 0. The molecule has 0 spiro atoms. The van der Waals surface area contributed by atoms with E-state index < -0.39 is 5.97 Å². The van der Waals surface area contributed by atoms with E-state index in [-0.39, 0.29) is 0 Å². The molecule has 0 aliphatic carbocycles. The zero-order valence-corrected chi connectivity index (χ0v) is 6.69. The van der Waals surface area contributed by atoms with Crippen molar-refractivity contribution in [1.29, 1.82) is 0 Å². The fourth-order valence-electron chi connectivity index (χ4n) is 0.558. The van der Waals surface area contributed by atoms with Crippen LogP contribution in [0, 0.1) is 0 Å². The summed E-state index contributed by atoms with van der Waals surface area (Å²) in [5.41, 5.74) is 0.326. The van der Waals surface area contributed by atoms with Crippen molar-refractivity contribution in [2.24, 2.45) is 0 Å². The van der Waals surface area contributed by atoms with Gasteiger partial charge in [-0.2, -0.15) is 0 Å². The lowest BCUT2D eigenvalue weighted by Gasteiger charge is -1.97. The van der Waals surface area contributed by atoms with Gasteiger partial charge in [-0.25, -0.2) is 4.79 Å². The monoisotopic (exact) mass is 160 g/mol. The first kappa shape index (κ1) is 10.5. The Morgan fingerprint density at radius 2 is 2.00 bits per heavy atom. The van der Waals surface area contributed by atoms with Gasteiger partial charge in [0.25, 0.3) is 0 Å². The average molecular weight is 160 g/mol. The molecule has 0 heterocycles. The van der Waals surface area contributed by atoms with Crippen molar-refractivity contribution in [2.45, 2.75) is 0 Å². The van der Waals surface area contributed by atoms with Crippen LogP contribution in [0.5, 0.6) is 0 Å². The molecule has 0 aliphatic heterocycles. The Bertz CT molecular complexity index is 239. The molecule has 0 rings (SSSR count). The van der Waals surface area contributed by atoms with E-state index in [4.69, 9.17) is 8.05 Å². The minimum Gasteiger partial charge on any atom is -0.540 e. The fraction of sp³-hybridized carbons (Fsp3) is 0. The molecular formula is C9H9BO2. The highest BCUT2D eigenvalue weighted by atomic mass is 16.5. The van der Waals surface area contributed by atoms with Gasteiger partial charge in [0.1, 0.15) is 0 Å². The maximum Gasteiger partial charge on any atom is 0.378 e. The lowest BCUT2D eigenvalue weighted by atomic mass is 10.2. The molecule has 0 saturated carbocycles. The van der Waals surface area contributed by atoms with Crippen LogP contribution in [0.25, 0.3) is 0 Å². The third kappa shape index (κ3) is 3.61. The van der Waals surface area contributed by atoms with Gasteiger partial charge in [0.05, 0.1) is 5.57 Å². The Morgan fingerprint density at radius 1 is 1.33 bits per heavy atom. The normalized spacial score (nSPS) is 11.2. The third-order valence-electron chi connectivity index (χ3n) is 1.05. The summed E-state index contributed by atoms with van der Waals surface area (Å²) < 4.78 is 4.02. The molecule has 0 atom stereocenters. The lowest BCUT2D eigenvalue weighted by molar-refractivity contribution is -0.129. The van der Waals surface area contributed by atoms with E-state index in [1.807, 2.05) is 0 Å². The van der Waals surface area contributed by atoms with Crippen LogP contribution >= 0.6 is 0 Å². The summed E-state index contributed by atoms with van der Waals surface area (Å²) in [6.07, 6.45) is 7.64. The van der Waals surface area contributed by atoms with Crippen LogP contribution in [-0.4, -0.2) is 14.0 Å².